The third-order valence-electron chi connectivity index (χ3n) is 2.47. The number of ether oxygens (including phenoxy) is 1. The smallest absolute Gasteiger partial charge is 0.343 e. The van der Waals surface area contributed by atoms with Gasteiger partial charge in [-0.25, -0.2) is 14.8 Å². The van der Waals surface area contributed by atoms with Crippen molar-refractivity contribution in [1.29, 1.82) is 0 Å². The molecular weight excluding hydrogens is 274 g/mol. The number of benzene rings is 1. The highest BCUT2D eigenvalue weighted by Crippen LogP contribution is 2.21. The van der Waals surface area contributed by atoms with Gasteiger partial charge >= 0.3 is 5.97 Å². The highest BCUT2D eigenvalue weighted by molar-refractivity contribution is 7.98. The Labute approximate surface area is 121 Å². The van der Waals surface area contributed by atoms with Crippen molar-refractivity contribution >= 4 is 23.5 Å². The van der Waals surface area contributed by atoms with Gasteiger partial charge in [0.1, 0.15) is 17.2 Å². The molecule has 104 valence electrons. The number of rotatable bonds is 5. The molecule has 0 aliphatic carbocycles. The van der Waals surface area contributed by atoms with Gasteiger partial charge in [0.25, 0.3) is 0 Å². The van der Waals surface area contributed by atoms with Crippen LogP contribution >= 0.6 is 11.8 Å². The second-order valence-electron chi connectivity index (χ2n) is 3.91. The first-order valence-electron chi connectivity index (χ1n) is 6.17. The van der Waals surface area contributed by atoms with Crippen molar-refractivity contribution in [3.63, 3.8) is 0 Å². The maximum absolute atomic E-state index is 11.6. The van der Waals surface area contributed by atoms with E-state index in [0.717, 1.165) is 4.90 Å². The van der Waals surface area contributed by atoms with E-state index in [1.54, 1.807) is 18.7 Å². The van der Waals surface area contributed by atoms with Crippen molar-refractivity contribution in [2.75, 3.05) is 12.3 Å². The normalized spacial score (nSPS) is 10.2. The Balaban J connectivity index is 2.04. The van der Waals surface area contributed by atoms with Crippen LogP contribution in [-0.4, -0.2) is 22.5 Å². The van der Waals surface area contributed by atoms with Crippen molar-refractivity contribution in [3.05, 3.63) is 47.9 Å². The minimum absolute atomic E-state index is 0.155. The van der Waals surface area contributed by atoms with Crippen molar-refractivity contribution in [2.45, 2.75) is 17.6 Å². The molecule has 0 atom stereocenters. The van der Waals surface area contributed by atoms with Crippen LogP contribution in [0.1, 0.15) is 23.1 Å². The number of hydrogen-bond donors (Lipinski definition) is 1. The maximum atomic E-state index is 11.6. The van der Waals surface area contributed by atoms with Gasteiger partial charge in [0.2, 0.25) is 0 Å². The van der Waals surface area contributed by atoms with Gasteiger partial charge in [0.15, 0.2) is 0 Å². The van der Waals surface area contributed by atoms with Gasteiger partial charge in [-0.05, 0) is 19.1 Å². The highest BCUT2D eigenvalue weighted by Gasteiger charge is 2.13. The van der Waals surface area contributed by atoms with E-state index in [4.69, 9.17) is 10.5 Å². The Bertz CT molecular complexity index is 590. The first kappa shape index (κ1) is 14.3. The molecule has 1 heterocycles. The molecule has 0 amide bonds. The standard InChI is InChI=1S/C14H15N3O2S/c1-2-19-14(18)11-8-16-12(17-13(11)15)9-20-10-6-4-3-5-7-10/h3-8H,2,9H2,1H3,(H2,15,16,17). The second kappa shape index (κ2) is 6.91. The average molecular weight is 289 g/mol. The van der Waals surface area contributed by atoms with E-state index in [1.807, 2.05) is 30.3 Å². The third-order valence-corrected chi connectivity index (χ3v) is 3.48. The Morgan fingerprint density at radius 1 is 1.35 bits per heavy atom. The van der Waals surface area contributed by atoms with Crippen molar-refractivity contribution in [1.82, 2.24) is 9.97 Å². The molecule has 0 saturated carbocycles. The fourth-order valence-electron chi connectivity index (χ4n) is 1.53. The summed E-state index contributed by atoms with van der Waals surface area (Å²) in [5.41, 5.74) is 5.97. The van der Waals surface area contributed by atoms with Gasteiger partial charge in [0, 0.05) is 11.1 Å². The fraction of sp³-hybridized carbons (Fsp3) is 0.214. The number of aromatic nitrogens is 2. The summed E-state index contributed by atoms with van der Waals surface area (Å²) in [5.74, 6) is 0.843. The van der Waals surface area contributed by atoms with Gasteiger partial charge in [-0.3, -0.25) is 0 Å². The lowest BCUT2D eigenvalue weighted by atomic mass is 10.3. The van der Waals surface area contributed by atoms with Crippen LogP contribution in [0.25, 0.3) is 0 Å². The minimum Gasteiger partial charge on any atom is -0.462 e. The average Bonchev–Trinajstić information content (AvgIpc) is 2.46. The summed E-state index contributed by atoms with van der Waals surface area (Å²) in [5, 5.41) is 0. The Kier molecular flexibility index (Phi) is 4.95. The number of esters is 1. The molecule has 6 heteroatoms. The van der Waals surface area contributed by atoms with Crippen LogP contribution in [0.4, 0.5) is 5.82 Å². The second-order valence-corrected chi connectivity index (χ2v) is 4.96. The zero-order valence-corrected chi connectivity index (χ0v) is 11.9. The summed E-state index contributed by atoms with van der Waals surface area (Å²) in [6, 6.07) is 9.94. The topological polar surface area (TPSA) is 78.1 Å². The molecule has 2 aromatic rings. The number of anilines is 1. The van der Waals surface area contributed by atoms with E-state index in [-0.39, 0.29) is 11.4 Å². The van der Waals surface area contributed by atoms with Crippen molar-refractivity contribution in [2.24, 2.45) is 0 Å². The number of nitrogens with two attached hydrogens (primary N) is 1. The first-order chi connectivity index (χ1) is 9.70. The summed E-state index contributed by atoms with van der Waals surface area (Å²) < 4.78 is 4.87. The molecule has 2 N–H and O–H groups in total. The van der Waals surface area contributed by atoms with Crippen LogP contribution in [0, 0.1) is 0 Å². The molecule has 0 aliphatic heterocycles. The summed E-state index contributed by atoms with van der Waals surface area (Å²) in [6.45, 7) is 2.03. The lowest BCUT2D eigenvalue weighted by Gasteiger charge is -2.06. The molecule has 0 bridgehead atoms. The number of nitrogen functional groups attached to an aromatic ring is 1. The van der Waals surface area contributed by atoms with Crippen LogP contribution in [0.5, 0.6) is 0 Å². The van der Waals surface area contributed by atoms with Crippen LogP contribution in [0.15, 0.2) is 41.4 Å². The van der Waals surface area contributed by atoms with Crippen LogP contribution in [0.2, 0.25) is 0 Å². The van der Waals surface area contributed by atoms with Gasteiger partial charge in [0.05, 0.1) is 12.4 Å². The molecule has 5 nitrogen and oxygen atoms in total. The van der Waals surface area contributed by atoms with E-state index in [2.05, 4.69) is 9.97 Å². The molecule has 0 spiro atoms. The molecule has 0 radical (unpaired) electrons. The predicted octanol–water partition coefficient (Wildman–Crippen LogP) is 2.53. The monoisotopic (exact) mass is 289 g/mol. The third kappa shape index (κ3) is 3.71. The Morgan fingerprint density at radius 2 is 2.10 bits per heavy atom. The maximum Gasteiger partial charge on any atom is 0.343 e. The fourth-order valence-corrected chi connectivity index (χ4v) is 2.32. The molecule has 1 aromatic heterocycles. The number of carbonyl (C=O) groups is 1. The SMILES string of the molecule is CCOC(=O)c1cnc(CSc2ccccc2)nc1N. The minimum atomic E-state index is -0.493. The number of hydrogen-bond acceptors (Lipinski definition) is 6. The molecular formula is C14H15N3O2S. The van der Waals surface area contributed by atoms with Gasteiger partial charge < -0.3 is 10.5 Å². The van der Waals surface area contributed by atoms with E-state index < -0.39 is 5.97 Å². The quantitative estimate of drug-likeness (QED) is 0.673. The Morgan fingerprint density at radius 3 is 2.75 bits per heavy atom. The number of nitrogens with zero attached hydrogens (tertiary/aromatic N) is 2. The summed E-state index contributed by atoms with van der Waals surface area (Å²) in [7, 11) is 0. The van der Waals surface area contributed by atoms with Crippen molar-refractivity contribution in [3.8, 4) is 0 Å². The molecule has 2 rings (SSSR count). The first-order valence-corrected chi connectivity index (χ1v) is 7.15. The zero-order valence-electron chi connectivity index (χ0n) is 11.1. The molecule has 0 aliphatic rings. The molecule has 20 heavy (non-hydrogen) atoms. The molecule has 0 saturated heterocycles. The van der Waals surface area contributed by atoms with Crippen LogP contribution in [-0.2, 0) is 10.5 Å². The summed E-state index contributed by atoms with van der Waals surface area (Å²) >= 11 is 1.61. The van der Waals surface area contributed by atoms with E-state index in [9.17, 15) is 4.79 Å². The van der Waals surface area contributed by atoms with Gasteiger partial charge in [-0.15, -0.1) is 11.8 Å². The van der Waals surface area contributed by atoms with Crippen molar-refractivity contribution < 1.29 is 9.53 Å². The van der Waals surface area contributed by atoms with Crippen LogP contribution in [0.3, 0.4) is 0 Å². The highest BCUT2D eigenvalue weighted by atomic mass is 32.2. The van der Waals surface area contributed by atoms with E-state index >= 15 is 0 Å². The van der Waals surface area contributed by atoms with Gasteiger partial charge in [-0.1, -0.05) is 18.2 Å². The summed E-state index contributed by atoms with van der Waals surface area (Å²) in [6.07, 6.45) is 1.42. The lowest BCUT2D eigenvalue weighted by Crippen LogP contribution is -2.11. The zero-order chi connectivity index (χ0) is 14.4. The number of carbonyl (C=O) groups excluding carboxylic acids is 1. The van der Waals surface area contributed by atoms with E-state index in [1.165, 1.54) is 6.20 Å². The predicted molar refractivity (Wildman–Crippen MR) is 78.4 cm³/mol. The molecule has 0 unspecified atom stereocenters. The largest absolute Gasteiger partial charge is 0.462 e. The molecule has 0 fully saturated rings. The summed E-state index contributed by atoms with van der Waals surface area (Å²) in [4.78, 5) is 21.0. The molecule has 1 aromatic carbocycles. The Hall–Kier alpha value is -2.08. The lowest BCUT2D eigenvalue weighted by molar-refractivity contribution is 0.0526. The van der Waals surface area contributed by atoms with Gasteiger partial charge in [-0.2, -0.15) is 0 Å². The number of thioether (sulfide) groups is 1. The van der Waals surface area contributed by atoms with E-state index in [0.29, 0.717) is 18.2 Å². The van der Waals surface area contributed by atoms with Crippen LogP contribution < -0.4 is 5.73 Å².